The number of benzene rings is 2. The molecular formula is C16H13BrN4O4S. The number of hydrogen-bond donors (Lipinski definition) is 3. The SMILES string of the molecule is Cc1ccc(C(=O)NC(=S)NNC(=O)c2ccc([N+](=O)[O-])cc2)cc1Br. The van der Waals surface area contributed by atoms with Crippen molar-refractivity contribution in [1.82, 2.24) is 16.2 Å². The highest BCUT2D eigenvalue weighted by molar-refractivity contribution is 9.10. The number of rotatable bonds is 3. The molecule has 26 heavy (non-hydrogen) atoms. The van der Waals surface area contributed by atoms with Crippen LogP contribution in [0.2, 0.25) is 0 Å². The van der Waals surface area contributed by atoms with E-state index in [0.29, 0.717) is 5.56 Å². The van der Waals surface area contributed by atoms with Crippen molar-refractivity contribution in [3.05, 3.63) is 73.7 Å². The summed E-state index contributed by atoms with van der Waals surface area (Å²) in [6.45, 7) is 1.89. The van der Waals surface area contributed by atoms with Crippen LogP contribution in [0.5, 0.6) is 0 Å². The van der Waals surface area contributed by atoms with Crippen molar-refractivity contribution in [2.45, 2.75) is 6.92 Å². The summed E-state index contributed by atoms with van der Waals surface area (Å²) >= 11 is 8.30. The second-order valence-electron chi connectivity index (χ2n) is 5.13. The first-order valence-electron chi connectivity index (χ1n) is 7.20. The molecule has 134 valence electrons. The van der Waals surface area contributed by atoms with Crippen LogP contribution < -0.4 is 16.2 Å². The van der Waals surface area contributed by atoms with Gasteiger partial charge in [-0.15, -0.1) is 0 Å². The molecule has 0 unspecified atom stereocenters. The van der Waals surface area contributed by atoms with E-state index >= 15 is 0 Å². The number of nitro benzene ring substituents is 1. The molecule has 0 spiro atoms. The number of aryl methyl sites for hydroxylation is 1. The number of amides is 2. The highest BCUT2D eigenvalue weighted by Crippen LogP contribution is 2.17. The van der Waals surface area contributed by atoms with Gasteiger partial charge < -0.3 is 0 Å². The molecule has 0 atom stereocenters. The predicted octanol–water partition coefficient (Wildman–Crippen LogP) is 2.62. The molecule has 0 aromatic heterocycles. The number of carbonyl (C=O) groups excluding carboxylic acids is 2. The minimum absolute atomic E-state index is 0.0954. The van der Waals surface area contributed by atoms with Gasteiger partial charge in [-0.2, -0.15) is 0 Å². The van der Waals surface area contributed by atoms with E-state index in [1.54, 1.807) is 18.2 Å². The van der Waals surface area contributed by atoms with E-state index in [-0.39, 0.29) is 16.4 Å². The molecular weight excluding hydrogens is 424 g/mol. The Balaban J connectivity index is 1.89. The smallest absolute Gasteiger partial charge is 0.269 e. The maximum absolute atomic E-state index is 12.1. The third-order valence-electron chi connectivity index (χ3n) is 3.29. The number of carbonyl (C=O) groups is 2. The number of hydrogen-bond acceptors (Lipinski definition) is 5. The van der Waals surface area contributed by atoms with Gasteiger partial charge in [-0.1, -0.05) is 22.0 Å². The molecule has 2 amide bonds. The van der Waals surface area contributed by atoms with Gasteiger partial charge in [0.1, 0.15) is 0 Å². The van der Waals surface area contributed by atoms with E-state index in [1.807, 2.05) is 6.92 Å². The molecule has 0 radical (unpaired) electrons. The topological polar surface area (TPSA) is 113 Å². The van der Waals surface area contributed by atoms with Crippen LogP contribution in [0, 0.1) is 17.0 Å². The van der Waals surface area contributed by atoms with Gasteiger partial charge in [0.05, 0.1) is 4.92 Å². The molecule has 3 N–H and O–H groups in total. The zero-order chi connectivity index (χ0) is 19.3. The third kappa shape index (κ3) is 5.07. The second-order valence-corrected chi connectivity index (χ2v) is 6.39. The van der Waals surface area contributed by atoms with Crippen LogP contribution in [-0.2, 0) is 0 Å². The Morgan fingerprint density at radius 3 is 2.23 bits per heavy atom. The Morgan fingerprint density at radius 2 is 1.65 bits per heavy atom. The Bertz CT molecular complexity index is 886. The lowest BCUT2D eigenvalue weighted by atomic mass is 10.1. The van der Waals surface area contributed by atoms with Gasteiger partial charge in [0.2, 0.25) is 0 Å². The normalized spacial score (nSPS) is 9.92. The number of nitrogens with one attached hydrogen (secondary N) is 3. The first-order chi connectivity index (χ1) is 12.3. The van der Waals surface area contributed by atoms with Crippen molar-refractivity contribution in [2.75, 3.05) is 0 Å². The van der Waals surface area contributed by atoms with Crippen molar-refractivity contribution in [2.24, 2.45) is 0 Å². The standard InChI is InChI=1S/C16H13BrN4O4S/c1-9-2-3-11(8-13(9)17)14(22)18-16(26)20-19-15(23)10-4-6-12(7-5-10)21(24)25/h2-8H,1H3,(H,19,23)(H2,18,20,22,26). The Labute approximate surface area is 162 Å². The van der Waals surface area contributed by atoms with Crippen LogP contribution in [0.15, 0.2) is 46.9 Å². The average Bonchev–Trinajstić information content (AvgIpc) is 2.62. The number of nitro groups is 1. The molecule has 0 saturated heterocycles. The van der Waals surface area contributed by atoms with E-state index in [0.717, 1.165) is 10.0 Å². The fourth-order valence-corrected chi connectivity index (χ4v) is 2.38. The molecule has 0 aliphatic rings. The summed E-state index contributed by atoms with van der Waals surface area (Å²) in [6, 6.07) is 10.1. The summed E-state index contributed by atoms with van der Waals surface area (Å²) < 4.78 is 0.788. The van der Waals surface area contributed by atoms with Crippen molar-refractivity contribution < 1.29 is 14.5 Å². The first kappa shape index (κ1) is 19.5. The zero-order valence-electron chi connectivity index (χ0n) is 13.4. The minimum Gasteiger partial charge on any atom is -0.298 e. The summed E-state index contributed by atoms with van der Waals surface area (Å²) in [5, 5.41) is 12.9. The molecule has 2 aromatic rings. The van der Waals surface area contributed by atoms with Crippen LogP contribution in [0.1, 0.15) is 26.3 Å². The predicted molar refractivity (Wildman–Crippen MR) is 103 cm³/mol. The van der Waals surface area contributed by atoms with Crippen molar-refractivity contribution in [1.29, 1.82) is 0 Å². The number of non-ortho nitro benzene ring substituents is 1. The molecule has 0 aliphatic carbocycles. The summed E-state index contributed by atoms with van der Waals surface area (Å²) in [6.07, 6.45) is 0. The summed E-state index contributed by atoms with van der Waals surface area (Å²) in [5.74, 6) is -0.998. The van der Waals surface area contributed by atoms with Crippen LogP contribution in [-0.4, -0.2) is 21.9 Å². The molecule has 2 rings (SSSR count). The summed E-state index contributed by atoms with van der Waals surface area (Å²) in [4.78, 5) is 34.1. The molecule has 0 bridgehead atoms. The quantitative estimate of drug-likeness (QED) is 0.387. The fourth-order valence-electron chi connectivity index (χ4n) is 1.86. The summed E-state index contributed by atoms with van der Waals surface area (Å²) in [7, 11) is 0. The highest BCUT2D eigenvalue weighted by Gasteiger charge is 2.12. The van der Waals surface area contributed by atoms with Crippen molar-refractivity contribution in [3.8, 4) is 0 Å². The monoisotopic (exact) mass is 436 g/mol. The van der Waals surface area contributed by atoms with Gasteiger partial charge in [-0.3, -0.25) is 35.9 Å². The molecule has 8 nitrogen and oxygen atoms in total. The number of nitrogens with zero attached hydrogens (tertiary/aromatic N) is 1. The molecule has 0 heterocycles. The maximum Gasteiger partial charge on any atom is 0.269 e. The first-order valence-corrected chi connectivity index (χ1v) is 8.40. The molecule has 0 fully saturated rings. The van der Waals surface area contributed by atoms with E-state index in [9.17, 15) is 19.7 Å². The van der Waals surface area contributed by atoms with Crippen LogP contribution in [0.3, 0.4) is 0 Å². The second kappa shape index (κ2) is 8.50. The molecule has 2 aromatic carbocycles. The Kier molecular flexibility index (Phi) is 6.36. The van der Waals surface area contributed by atoms with E-state index < -0.39 is 16.7 Å². The van der Waals surface area contributed by atoms with Crippen molar-refractivity contribution in [3.63, 3.8) is 0 Å². The average molecular weight is 437 g/mol. The lowest BCUT2D eigenvalue weighted by Crippen LogP contribution is -2.48. The Morgan fingerprint density at radius 1 is 1.04 bits per heavy atom. The number of halogens is 1. The zero-order valence-corrected chi connectivity index (χ0v) is 15.8. The van der Waals surface area contributed by atoms with Gasteiger partial charge in [0.15, 0.2) is 5.11 Å². The van der Waals surface area contributed by atoms with Gasteiger partial charge in [0, 0.05) is 27.7 Å². The fraction of sp³-hybridized carbons (Fsp3) is 0.0625. The van der Waals surface area contributed by atoms with Crippen LogP contribution in [0.4, 0.5) is 5.69 Å². The molecule has 0 saturated carbocycles. The van der Waals surface area contributed by atoms with E-state index in [4.69, 9.17) is 12.2 Å². The lowest BCUT2D eigenvalue weighted by molar-refractivity contribution is -0.384. The minimum atomic E-state index is -0.561. The number of hydrazine groups is 1. The highest BCUT2D eigenvalue weighted by atomic mass is 79.9. The largest absolute Gasteiger partial charge is 0.298 e. The van der Waals surface area contributed by atoms with E-state index in [1.165, 1.54) is 24.3 Å². The van der Waals surface area contributed by atoms with Crippen LogP contribution >= 0.6 is 28.1 Å². The lowest BCUT2D eigenvalue weighted by Gasteiger charge is -2.11. The van der Waals surface area contributed by atoms with Gasteiger partial charge in [-0.25, -0.2) is 0 Å². The van der Waals surface area contributed by atoms with Gasteiger partial charge in [-0.05, 0) is 49.0 Å². The Hall–Kier alpha value is -2.85. The van der Waals surface area contributed by atoms with Crippen LogP contribution in [0.25, 0.3) is 0 Å². The molecule has 0 aliphatic heterocycles. The number of thiocarbonyl (C=S) groups is 1. The van der Waals surface area contributed by atoms with Gasteiger partial charge in [0.25, 0.3) is 17.5 Å². The van der Waals surface area contributed by atoms with Crippen molar-refractivity contribution >= 4 is 50.8 Å². The summed E-state index contributed by atoms with van der Waals surface area (Å²) in [5.41, 5.74) is 6.15. The van der Waals surface area contributed by atoms with Gasteiger partial charge >= 0.3 is 0 Å². The van der Waals surface area contributed by atoms with E-state index in [2.05, 4.69) is 32.1 Å². The maximum atomic E-state index is 12.1. The third-order valence-corrected chi connectivity index (χ3v) is 4.35. The molecule has 10 heteroatoms.